The Hall–Kier alpha value is -1.15. The van der Waals surface area contributed by atoms with Crippen LogP contribution in [0.25, 0.3) is 0 Å². The van der Waals surface area contributed by atoms with Crippen LogP contribution in [0.2, 0.25) is 0 Å². The second-order valence-corrected chi connectivity index (χ2v) is 7.61. The number of rotatable bonds is 5. The third-order valence-electron chi connectivity index (χ3n) is 4.59. The molecule has 0 radical (unpaired) electrons. The molecule has 5 nitrogen and oxygen atoms in total. The fourth-order valence-corrected chi connectivity index (χ4v) is 3.95. The molecule has 0 aliphatic carbocycles. The molecule has 3 rings (SSSR count). The van der Waals surface area contributed by atoms with Gasteiger partial charge in [-0.2, -0.15) is 0 Å². The first-order valence-corrected chi connectivity index (χ1v) is 9.51. The third kappa shape index (κ3) is 4.92. The summed E-state index contributed by atoms with van der Waals surface area (Å²) in [5.74, 6) is 0.172. The van der Waals surface area contributed by atoms with Crippen LogP contribution in [0.15, 0.2) is 29.2 Å². The van der Waals surface area contributed by atoms with Crippen molar-refractivity contribution in [2.45, 2.75) is 49.3 Å². The monoisotopic (exact) mass is 352 g/mol. The van der Waals surface area contributed by atoms with Gasteiger partial charge in [-0.25, -0.2) is 9.82 Å². The Morgan fingerprint density at radius 1 is 1.29 bits per heavy atom. The summed E-state index contributed by atoms with van der Waals surface area (Å²) < 4.78 is 12.9. The number of benzene rings is 1. The Balaban J connectivity index is 1.36. The molecular formula is C17H25FN4OS. The Morgan fingerprint density at radius 2 is 2.00 bits per heavy atom. The second-order valence-electron chi connectivity index (χ2n) is 6.56. The predicted octanol–water partition coefficient (Wildman–Crippen LogP) is 1.71. The first-order valence-electron chi connectivity index (χ1n) is 8.53. The van der Waals surface area contributed by atoms with Crippen molar-refractivity contribution < 1.29 is 9.18 Å². The van der Waals surface area contributed by atoms with Crippen molar-refractivity contribution in [2.75, 3.05) is 18.8 Å². The smallest absolute Gasteiger partial charge is 0.230 e. The van der Waals surface area contributed by atoms with Crippen LogP contribution in [0.4, 0.5) is 4.39 Å². The van der Waals surface area contributed by atoms with Crippen LogP contribution in [-0.2, 0) is 4.79 Å². The molecule has 0 aromatic heterocycles. The molecule has 2 unspecified atom stereocenters. The van der Waals surface area contributed by atoms with E-state index in [0.717, 1.165) is 37.2 Å². The minimum Gasteiger partial charge on any atom is -0.353 e. The van der Waals surface area contributed by atoms with E-state index >= 15 is 0 Å². The summed E-state index contributed by atoms with van der Waals surface area (Å²) in [6, 6.07) is 7.02. The molecule has 2 fully saturated rings. The molecule has 1 aromatic rings. The lowest BCUT2D eigenvalue weighted by Gasteiger charge is -2.35. The van der Waals surface area contributed by atoms with Crippen molar-refractivity contribution in [1.29, 1.82) is 0 Å². The van der Waals surface area contributed by atoms with Crippen LogP contribution in [0.1, 0.15) is 26.2 Å². The van der Waals surface area contributed by atoms with Gasteiger partial charge >= 0.3 is 0 Å². The SMILES string of the molecule is CC1CC(N2CCC(NC(=O)CSc3ccc(F)cc3)CC2)NN1. The Bertz CT molecular complexity index is 548. The molecule has 7 heteroatoms. The highest BCUT2D eigenvalue weighted by Gasteiger charge is 2.29. The number of hydrogen-bond donors (Lipinski definition) is 3. The van der Waals surface area contributed by atoms with Gasteiger partial charge in [0.15, 0.2) is 0 Å². The average molecular weight is 352 g/mol. The largest absolute Gasteiger partial charge is 0.353 e. The standard InChI is InChI=1S/C17H25FN4OS/c1-12-10-16(21-20-12)22-8-6-14(7-9-22)19-17(23)11-24-15-4-2-13(18)3-5-15/h2-5,12,14,16,20-21H,6-11H2,1H3,(H,19,23). The predicted molar refractivity (Wildman–Crippen MR) is 94.0 cm³/mol. The molecule has 24 heavy (non-hydrogen) atoms. The maximum Gasteiger partial charge on any atom is 0.230 e. The number of hydrazine groups is 1. The lowest BCUT2D eigenvalue weighted by atomic mass is 10.0. The van der Waals surface area contributed by atoms with E-state index in [4.69, 9.17) is 0 Å². The summed E-state index contributed by atoms with van der Waals surface area (Å²) in [6.07, 6.45) is 3.50. The molecule has 2 atom stereocenters. The number of carbonyl (C=O) groups is 1. The van der Waals surface area contributed by atoms with Crippen LogP contribution in [0.3, 0.4) is 0 Å². The lowest BCUT2D eigenvalue weighted by molar-refractivity contribution is -0.119. The zero-order valence-electron chi connectivity index (χ0n) is 13.9. The fraction of sp³-hybridized carbons (Fsp3) is 0.588. The van der Waals surface area contributed by atoms with Crippen LogP contribution >= 0.6 is 11.8 Å². The Morgan fingerprint density at radius 3 is 2.62 bits per heavy atom. The summed E-state index contributed by atoms with van der Waals surface area (Å²) >= 11 is 1.44. The summed E-state index contributed by atoms with van der Waals surface area (Å²) in [4.78, 5) is 15.5. The Labute approximate surface area is 146 Å². The summed E-state index contributed by atoms with van der Waals surface area (Å²) in [5, 5.41) is 3.12. The van der Waals surface area contributed by atoms with E-state index < -0.39 is 0 Å². The van der Waals surface area contributed by atoms with E-state index in [1.165, 1.54) is 23.9 Å². The molecule has 2 aliphatic rings. The number of hydrogen-bond acceptors (Lipinski definition) is 5. The molecule has 3 N–H and O–H groups in total. The van der Waals surface area contributed by atoms with E-state index in [2.05, 4.69) is 28.0 Å². The topological polar surface area (TPSA) is 56.4 Å². The van der Waals surface area contributed by atoms with Crippen LogP contribution in [0, 0.1) is 5.82 Å². The van der Waals surface area contributed by atoms with Crippen molar-refractivity contribution >= 4 is 17.7 Å². The third-order valence-corrected chi connectivity index (χ3v) is 5.60. The van der Waals surface area contributed by atoms with Crippen LogP contribution in [-0.4, -0.2) is 47.9 Å². The normalized spacial score (nSPS) is 25.8. The molecule has 2 saturated heterocycles. The Kier molecular flexibility index (Phi) is 6.10. The molecule has 2 heterocycles. The highest BCUT2D eigenvalue weighted by molar-refractivity contribution is 8.00. The maximum atomic E-state index is 12.9. The second kappa shape index (κ2) is 8.29. The van der Waals surface area contributed by atoms with Gasteiger partial charge in [0.1, 0.15) is 5.82 Å². The molecule has 132 valence electrons. The minimum atomic E-state index is -0.253. The van der Waals surface area contributed by atoms with Crippen molar-refractivity contribution in [2.24, 2.45) is 0 Å². The van der Waals surface area contributed by atoms with Crippen molar-refractivity contribution in [3.8, 4) is 0 Å². The van der Waals surface area contributed by atoms with E-state index in [1.54, 1.807) is 12.1 Å². The number of likely N-dealkylation sites (tertiary alicyclic amines) is 1. The van der Waals surface area contributed by atoms with Gasteiger partial charge in [-0.1, -0.05) is 0 Å². The van der Waals surface area contributed by atoms with Gasteiger partial charge in [-0.05, 0) is 50.5 Å². The highest BCUT2D eigenvalue weighted by Crippen LogP contribution is 2.19. The van der Waals surface area contributed by atoms with Crippen molar-refractivity contribution in [1.82, 2.24) is 21.1 Å². The van der Waals surface area contributed by atoms with E-state index in [9.17, 15) is 9.18 Å². The highest BCUT2D eigenvalue weighted by atomic mass is 32.2. The zero-order chi connectivity index (χ0) is 16.9. The molecule has 2 aliphatic heterocycles. The fourth-order valence-electron chi connectivity index (χ4n) is 3.24. The van der Waals surface area contributed by atoms with E-state index in [-0.39, 0.29) is 17.8 Å². The van der Waals surface area contributed by atoms with Gasteiger partial charge in [0.2, 0.25) is 5.91 Å². The summed E-state index contributed by atoms with van der Waals surface area (Å²) in [5.41, 5.74) is 6.59. The quantitative estimate of drug-likeness (QED) is 0.705. The van der Waals surface area contributed by atoms with Gasteiger partial charge in [0.25, 0.3) is 0 Å². The average Bonchev–Trinajstić information content (AvgIpc) is 3.01. The van der Waals surface area contributed by atoms with Gasteiger partial charge < -0.3 is 5.32 Å². The first kappa shape index (κ1) is 17.7. The first-order chi connectivity index (χ1) is 11.6. The van der Waals surface area contributed by atoms with Crippen LogP contribution < -0.4 is 16.2 Å². The molecule has 1 aromatic carbocycles. The molecular weight excluding hydrogens is 327 g/mol. The number of thioether (sulfide) groups is 1. The number of nitrogens with one attached hydrogen (secondary N) is 3. The number of nitrogens with zero attached hydrogens (tertiary/aromatic N) is 1. The number of halogens is 1. The van der Waals surface area contributed by atoms with Gasteiger partial charge in [0, 0.05) is 30.1 Å². The molecule has 1 amide bonds. The summed E-state index contributed by atoms with van der Waals surface area (Å²) in [7, 11) is 0. The van der Waals surface area contributed by atoms with Gasteiger partial charge in [-0.15, -0.1) is 11.8 Å². The zero-order valence-corrected chi connectivity index (χ0v) is 14.7. The lowest BCUT2D eigenvalue weighted by Crippen LogP contribution is -2.51. The molecule has 0 bridgehead atoms. The minimum absolute atomic E-state index is 0.0528. The molecule has 0 spiro atoms. The van der Waals surface area contributed by atoms with E-state index in [0.29, 0.717) is 18.0 Å². The van der Waals surface area contributed by atoms with E-state index in [1.807, 2.05) is 0 Å². The number of carbonyl (C=O) groups excluding carboxylic acids is 1. The van der Waals surface area contributed by atoms with Gasteiger partial charge in [-0.3, -0.25) is 15.1 Å². The molecule has 0 saturated carbocycles. The van der Waals surface area contributed by atoms with Gasteiger partial charge in [0.05, 0.1) is 11.9 Å². The van der Waals surface area contributed by atoms with Crippen LogP contribution in [0.5, 0.6) is 0 Å². The summed E-state index contributed by atoms with van der Waals surface area (Å²) in [6.45, 7) is 4.18. The number of amides is 1. The maximum absolute atomic E-state index is 12.9. The van der Waals surface area contributed by atoms with Crippen molar-refractivity contribution in [3.63, 3.8) is 0 Å². The number of piperidine rings is 1. The van der Waals surface area contributed by atoms with Crippen molar-refractivity contribution in [3.05, 3.63) is 30.1 Å².